The first kappa shape index (κ1) is 17.6. The number of hydrogen-bond acceptors (Lipinski definition) is 3. The molecule has 1 aliphatic rings. The van der Waals surface area contributed by atoms with Gasteiger partial charge in [0.1, 0.15) is 5.75 Å². The van der Waals surface area contributed by atoms with Crippen LogP contribution in [0, 0.1) is 13.8 Å². The summed E-state index contributed by atoms with van der Waals surface area (Å²) in [4.78, 5) is 16.6. The van der Waals surface area contributed by atoms with E-state index in [1.54, 1.807) is 24.3 Å². The number of carbonyl (C=O) groups excluding carboxylic acids is 1. The van der Waals surface area contributed by atoms with Crippen LogP contribution in [-0.2, 0) is 4.79 Å². The molecule has 0 radical (unpaired) electrons. The highest BCUT2D eigenvalue weighted by molar-refractivity contribution is 6.30. The molecule has 0 aromatic heterocycles. The molecule has 1 fully saturated rings. The number of anilines is 1. The predicted molar refractivity (Wildman–Crippen MR) is 102 cm³/mol. The summed E-state index contributed by atoms with van der Waals surface area (Å²) in [5.41, 5.74) is 3.88. The van der Waals surface area contributed by atoms with E-state index in [4.69, 9.17) is 16.3 Å². The highest BCUT2D eigenvalue weighted by Crippen LogP contribution is 2.24. The van der Waals surface area contributed by atoms with Gasteiger partial charge in [-0.15, -0.1) is 0 Å². The number of carbonyl (C=O) groups is 1. The van der Waals surface area contributed by atoms with Crippen molar-refractivity contribution in [3.8, 4) is 5.75 Å². The molecule has 0 saturated carbocycles. The number of aryl methyl sites for hydroxylation is 1. The summed E-state index contributed by atoms with van der Waals surface area (Å²) in [6.45, 7) is 7.47. The molecule has 2 aromatic rings. The number of hydrogen-bond donors (Lipinski definition) is 0. The molecule has 1 heterocycles. The van der Waals surface area contributed by atoms with Crippen molar-refractivity contribution < 1.29 is 9.53 Å². The first-order valence-electron chi connectivity index (χ1n) is 8.52. The number of nitrogens with zero attached hydrogens (tertiary/aromatic N) is 2. The lowest BCUT2D eigenvalue weighted by molar-refractivity contribution is -0.133. The van der Waals surface area contributed by atoms with Gasteiger partial charge in [-0.05, 0) is 55.3 Å². The third kappa shape index (κ3) is 4.26. The molecule has 0 aliphatic carbocycles. The third-order valence-electron chi connectivity index (χ3n) is 4.73. The van der Waals surface area contributed by atoms with Gasteiger partial charge >= 0.3 is 0 Å². The number of rotatable bonds is 4. The maximum atomic E-state index is 12.4. The number of amides is 1. The van der Waals surface area contributed by atoms with Gasteiger partial charge in [0.15, 0.2) is 6.61 Å². The van der Waals surface area contributed by atoms with Gasteiger partial charge in [0, 0.05) is 36.9 Å². The molecule has 4 nitrogen and oxygen atoms in total. The maximum Gasteiger partial charge on any atom is 0.260 e. The molecule has 0 N–H and O–H groups in total. The molecule has 2 aromatic carbocycles. The Bertz CT molecular complexity index is 738. The molecule has 1 saturated heterocycles. The summed E-state index contributed by atoms with van der Waals surface area (Å²) in [6.07, 6.45) is 0. The van der Waals surface area contributed by atoms with Crippen LogP contribution in [-0.4, -0.2) is 43.6 Å². The SMILES string of the molecule is Cc1cccc(N2CCN(C(=O)COc3ccc(Cl)cc3)CC2)c1C. The van der Waals surface area contributed by atoms with Crippen LogP contribution in [0.1, 0.15) is 11.1 Å². The largest absolute Gasteiger partial charge is 0.484 e. The lowest BCUT2D eigenvalue weighted by Gasteiger charge is -2.37. The average Bonchev–Trinajstić information content (AvgIpc) is 2.63. The van der Waals surface area contributed by atoms with Gasteiger partial charge in [-0.1, -0.05) is 23.7 Å². The van der Waals surface area contributed by atoms with E-state index in [-0.39, 0.29) is 12.5 Å². The molecular weight excluding hydrogens is 336 g/mol. The second-order valence-corrected chi connectivity index (χ2v) is 6.77. The van der Waals surface area contributed by atoms with Crippen LogP contribution in [0.2, 0.25) is 5.02 Å². The van der Waals surface area contributed by atoms with E-state index < -0.39 is 0 Å². The Morgan fingerprint density at radius 1 is 1.04 bits per heavy atom. The van der Waals surface area contributed by atoms with Gasteiger partial charge in [-0.2, -0.15) is 0 Å². The highest BCUT2D eigenvalue weighted by Gasteiger charge is 2.22. The van der Waals surface area contributed by atoms with Gasteiger partial charge in [0.05, 0.1) is 0 Å². The minimum atomic E-state index is 0.0237. The van der Waals surface area contributed by atoms with E-state index in [2.05, 4.69) is 36.9 Å². The van der Waals surface area contributed by atoms with Crippen LogP contribution in [0.3, 0.4) is 0 Å². The van der Waals surface area contributed by atoms with Crippen LogP contribution in [0.25, 0.3) is 0 Å². The van der Waals surface area contributed by atoms with Crippen molar-refractivity contribution in [3.05, 3.63) is 58.6 Å². The summed E-state index contributed by atoms with van der Waals surface area (Å²) < 4.78 is 5.56. The van der Waals surface area contributed by atoms with Crippen molar-refractivity contribution in [1.82, 2.24) is 4.90 Å². The third-order valence-corrected chi connectivity index (χ3v) is 4.98. The Hall–Kier alpha value is -2.20. The Kier molecular flexibility index (Phi) is 5.49. The summed E-state index contributed by atoms with van der Waals surface area (Å²) in [5.74, 6) is 0.683. The fraction of sp³-hybridized carbons (Fsp3) is 0.350. The zero-order chi connectivity index (χ0) is 17.8. The van der Waals surface area contributed by atoms with E-state index in [0.29, 0.717) is 10.8 Å². The number of halogens is 1. The predicted octanol–water partition coefficient (Wildman–Crippen LogP) is 3.68. The van der Waals surface area contributed by atoms with Crippen molar-refractivity contribution in [1.29, 1.82) is 0 Å². The van der Waals surface area contributed by atoms with Crippen molar-refractivity contribution in [2.45, 2.75) is 13.8 Å². The van der Waals surface area contributed by atoms with Crippen molar-refractivity contribution in [2.75, 3.05) is 37.7 Å². The Morgan fingerprint density at radius 3 is 2.40 bits per heavy atom. The van der Waals surface area contributed by atoms with E-state index >= 15 is 0 Å². The number of ether oxygens (including phenoxy) is 1. The van der Waals surface area contributed by atoms with Crippen LogP contribution in [0.5, 0.6) is 5.75 Å². The molecule has 132 valence electrons. The molecule has 25 heavy (non-hydrogen) atoms. The molecular formula is C20H23ClN2O2. The Morgan fingerprint density at radius 2 is 1.72 bits per heavy atom. The smallest absolute Gasteiger partial charge is 0.260 e. The fourth-order valence-corrected chi connectivity index (χ4v) is 3.17. The molecule has 1 amide bonds. The quantitative estimate of drug-likeness (QED) is 0.835. The van der Waals surface area contributed by atoms with Gasteiger partial charge in [-0.3, -0.25) is 4.79 Å². The zero-order valence-electron chi connectivity index (χ0n) is 14.7. The number of benzene rings is 2. The summed E-state index contributed by atoms with van der Waals surface area (Å²) in [6, 6.07) is 13.4. The van der Waals surface area contributed by atoms with Gasteiger partial charge in [-0.25, -0.2) is 0 Å². The maximum absolute atomic E-state index is 12.4. The first-order chi connectivity index (χ1) is 12.0. The second-order valence-electron chi connectivity index (χ2n) is 6.33. The van der Waals surface area contributed by atoms with Gasteiger partial charge in [0.2, 0.25) is 0 Å². The van der Waals surface area contributed by atoms with E-state index in [0.717, 1.165) is 26.2 Å². The van der Waals surface area contributed by atoms with Crippen molar-refractivity contribution >= 4 is 23.2 Å². The van der Waals surface area contributed by atoms with Crippen molar-refractivity contribution in [2.24, 2.45) is 0 Å². The molecule has 0 atom stereocenters. The average molecular weight is 359 g/mol. The second kappa shape index (κ2) is 7.79. The molecule has 1 aliphatic heterocycles. The van der Waals surface area contributed by atoms with Crippen molar-refractivity contribution in [3.63, 3.8) is 0 Å². The molecule has 0 unspecified atom stereocenters. The molecule has 0 bridgehead atoms. The Labute approximate surface area is 154 Å². The summed E-state index contributed by atoms with van der Waals surface area (Å²) in [5, 5.41) is 0.654. The Balaban J connectivity index is 1.52. The minimum absolute atomic E-state index is 0.0237. The monoisotopic (exact) mass is 358 g/mol. The zero-order valence-corrected chi connectivity index (χ0v) is 15.4. The van der Waals surface area contributed by atoms with E-state index in [1.165, 1.54) is 16.8 Å². The highest BCUT2D eigenvalue weighted by atomic mass is 35.5. The van der Waals surface area contributed by atoms with Gasteiger partial charge < -0.3 is 14.5 Å². The van der Waals surface area contributed by atoms with Crippen LogP contribution in [0.4, 0.5) is 5.69 Å². The lowest BCUT2D eigenvalue weighted by Crippen LogP contribution is -2.50. The van der Waals surface area contributed by atoms with Crippen LogP contribution >= 0.6 is 11.6 Å². The van der Waals surface area contributed by atoms with Gasteiger partial charge in [0.25, 0.3) is 5.91 Å². The standard InChI is InChI=1S/C20H23ClN2O2/c1-15-4-3-5-19(16(15)2)22-10-12-23(13-11-22)20(24)14-25-18-8-6-17(21)7-9-18/h3-9H,10-14H2,1-2H3. The van der Waals surface area contributed by atoms with E-state index in [1.807, 2.05) is 4.90 Å². The molecule has 0 spiro atoms. The number of piperazine rings is 1. The van der Waals surface area contributed by atoms with E-state index in [9.17, 15) is 4.79 Å². The van der Waals surface area contributed by atoms with Crippen LogP contribution in [0.15, 0.2) is 42.5 Å². The van der Waals surface area contributed by atoms with Crippen LogP contribution < -0.4 is 9.64 Å². The molecule has 3 rings (SSSR count). The summed E-state index contributed by atoms with van der Waals surface area (Å²) in [7, 11) is 0. The normalized spacial score (nSPS) is 14.5. The topological polar surface area (TPSA) is 32.8 Å². The minimum Gasteiger partial charge on any atom is -0.484 e. The first-order valence-corrected chi connectivity index (χ1v) is 8.89. The molecule has 5 heteroatoms. The fourth-order valence-electron chi connectivity index (χ4n) is 3.04. The summed E-state index contributed by atoms with van der Waals surface area (Å²) >= 11 is 5.85. The lowest BCUT2D eigenvalue weighted by atomic mass is 10.1.